The van der Waals surface area contributed by atoms with Gasteiger partial charge in [-0.2, -0.15) is 0 Å². The molecule has 1 atom stereocenters. The average molecular weight is 255 g/mol. The highest BCUT2D eigenvalue weighted by atomic mass is 16.4. The number of phenolic OH excluding ortho intramolecular Hbond substituents is 2. The molecule has 0 spiro atoms. The van der Waals surface area contributed by atoms with Gasteiger partial charge >= 0.3 is 5.97 Å². The number of carboxylic acid groups (broad SMARTS) is 1. The van der Waals surface area contributed by atoms with E-state index in [4.69, 9.17) is 10.2 Å². The van der Waals surface area contributed by atoms with Crippen molar-refractivity contribution in [2.45, 2.75) is 12.5 Å². The quantitative estimate of drug-likeness (QED) is 0.490. The summed E-state index contributed by atoms with van der Waals surface area (Å²) in [6.45, 7) is -0.0971. The standard InChI is InChI=1S/C11H13NO6/c13-6-2-1-3-7(14)9(6)10(16)12-5-4-8(15)11(17)18/h1-3,8,13-15H,4-5H2,(H,12,16)(H,17,18)/t8-/m0/s1. The van der Waals surface area contributed by atoms with Gasteiger partial charge in [0.15, 0.2) is 6.10 Å². The van der Waals surface area contributed by atoms with Gasteiger partial charge in [-0.3, -0.25) is 4.79 Å². The Labute approximate surface area is 102 Å². The predicted octanol–water partition coefficient (Wildman–Crippen LogP) is -0.337. The number of amides is 1. The molecule has 0 radical (unpaired) electrons. The third-order valence-electron chi connectivity index (χ3n) is 2.24. The van der Waals surface area contributed by atoms with Crippen LogP contribution in [-0.4, -0.2) is 45.0 Å². The molecule has 7 heteroatoms. The number of rotatable bonds is 5. The summed E-state index contributed by atoms with van der Waals surface area (Å²) in [7, 11) is 0. The topological polar surface area (TPSA) is 127 Å². The van der Waals surface area contributed by atoms with Gasteiger partial charge in [0, 0.05) is 13.0 Å². The van der Waals surface area contributed by atoms with Crippen LogP contribution in [0.4, 0.5) is 0 Å². The monoisotopic (exact) mass is 255 g/mol. The second-order valence-corrected chi connectivity index (χ2v) is 3.57. The van der Waals surface area contributed by atoms with E-state index in [9.17, 15) is 19.8 Å². The first kappa shape index (κ1) is 13.8. The van der Waals surface area contributed by atoms with Crippen molar-refractivity contribution in [2.75, 3.05) is 6.54 Å². The molecular weight excluding hydrogens is 242 g/mol. The van der Waals surface area contributed by atoms with Crippen molar-refractivity contribution in [1.29, 1.82) is 0 Å². The highest BCUT2D eigenvalue weighted by Gasteiger charge is 2.17. The van der Waals surface area contributed by atoms with Crippen LogP contribution in [0.15, 0.2) is 18.2 Å². The fraction of sp³-hybridized carbons (Fsp3) is 0.273. The van der Waals surface area contributed by atoms with E-state index < -0.39 is 18.0 Å². The summed E-state index contributed by atoms with van der Waals surface area (Å²) in [5, 5.41) is 38.5. The Morgan fingerprint density at radius 2 is 1.78 bits per heavy atom. The molecule has 1 aromatic rings. The first-order chi connectivity index (χ1) is 8.43. The molecule has 0 aliphatic carbocycles. The lowest BCUT2D eigenvalue weighted by Crippen LogP contribution is -2.30. The van der Waals surface area contributed by atoms with E-state index in [0.717, 1.165) is 0 Å². The molecule has 98 valence electrons. The third kappa shape index (κ3) is 3.36. The fourth-order valence-electron chi connectivity index (χ4n) is 1.30. The number of carboxylic acids is 1. The summed E-state index contributed by atoms with van der Waals surface area (Å²) in [6.07, 6.45) is -1.74. The van der Waals surface area contributed by atoms with E-state index in [0.29, 0.717) is 0 Å². The summed E-state index contributed by atoms with van der Waals surface area (Å²) in [6, 6.07) is 3.84. The minimum Gasteiger partial charge on any atom is -0.507 e. The van der Waals surface area contributed by atoms with E-state index >= 15 is 0 Å². The van der Waals surface area contributed by atoms with Gasteiger partial charge in [0.05, 0.1) is 0 Å². The molecule has 0 aromatic heterocycles. The number of aliphatic carboxylic acids is 1. The number of carbonyl (C=O) groups excluding carboxylic acids is 1. The highest BCUT2D eigenvalue weighted by molar-refractivity contribution is 5.99. The van der Waals surface area contributed by atoms with Crippen LogP contribution in [0.5, 0.6) is 11.5 Å². The summed E-state index contributed by atoms with van der Waals surface area (Å²) in [5.74, 6) is -2.89. The molecule has 7 nitrogen and oxygen atoms in total. The summed E-state index contributed by atoms with van der Waals surface area (Å²) < 4.78 is 0. The van der Waals surface area contributed by atoms with Crippen LogP contribution in [0.25, 0.3) is 0 Å². The van der Waals surface area contributed by atoms with E-state index in [1.165, 1.54) is 18.2 Å². The number of hydrogen-bond acceptors (Lipinski definition) is 5. The van der Waals surface area contributed by atoms with Crippen LogP contribution in [-0.2, 0) is 4.79 Å². The first-order valence-corrected chi connectivity index (χ1v) is 5.13. The largest absolute Gasteiger partial charge is 0.507 e. The minimum absolute atomic E-state index is 0.0971. The van der Waals surface area contributed by atoms with Crippen LogP contribution in [0.2, 0.25) is 0 Å². The molecule has 0 unspecified atom stereocenters. The van der Waals surface area contributed by atoms with Crippen molar-refractivity contribution in [1.82, 2.24) is 5.32 Å². The van der Waals surface area contributed by atoms with Gasteiger partial charge in [-0.1, -0.05) is 6.07 Å². The van der Waals surface area contributed by atoms with Gasteiger partial charge in [-0.15, -0.1) is 0 Å². The zero-order valence-corrected chi connectivity index (χ0v) is 9.33. The molecule has 1 amide bonds. The number of aliphatic hydroxyl groups is 1. The maximum atomic E-state index is 11.6. The van der Waals surface area contributed by atoms with Crippen LogP contribution >= 0.6 is 0 Å². The average Bonchev–Trinajstić information content (AvgIpc) is 2.28. The zero-order valence-electron chi connectivity index (χ0n) is 9.33. The van der Waals surface area contributed by atoms with E-state index in [1.54, 1.807) is 0 Å². The number of aromatic hydroxyl groups is 2. The Morgan fingerprint density at radius 1 is 1.22 bits per heavy atom. The Balaban J connectivity index is 2.59. The molecule has 5 N–H and O–H groups in total. The van der Waals surface area contributed by atoms with E-state index in [-0.39, 0.29) is 30.0 Å². The van der Waals surface area contributed by atoms with E-state index in [2.05, 4.69) is 5.32 Å². The number of aliphatic hydroxyl groups excluding tert-OH is 1. The predicted molar refractivity (Wildman–Crippen MR) is 60.4 cm³/mol. The van der Waals surface area contributed by atoms with Gasteiger partial charge in [-0.25, -0.2) is 4.79 Å². The Bertz CT molecular complexity index is 439. The van der Waals surface area contributed by atoms with Crippen molar-refractivity contribution < 1.29 is 30.0 Å². The molecule has 0 aliphatic heterocycles. The summed E-state index contributed by atoms with van der Waals surface area (Å²) in [4.78, 5) is 21.9. The number of benzene rings is 1. The molecule has 0 saturated carbocycles. The minimum atomic E-state index is -1.57. The molecule has 0 saturated heterocycles. The van der Waals surface area contributed by atoms with Crippen molar-refractivity contribution in [3.8, 4) is 11.5 Å². The Morgan fingerprint density at radius 3 is 2.28 bits per heavy atom. The lowest BCUT2D eigenvalue weighted by atomic mass is 10.1. The van der Waals surface area contributed by atoms with Gasteiger partial charge < -0.3 is 25.7 Å². The molecule has 0 bridgehead atoms. The Kier molecular flexibility index (Phi) is 4.50. The van der Waals surface area contributed by atoms with Crippen molar-refractivity contribution in [2.24, 2.45) is 0 Å². The second-order valence-electron chi connectivity index (χ2n) is 3.57. The lowest BCUT2D eigenvalue weighted by molar-refractivity contribution is -0.146. The SMILES string of the molecule is O=C(NCC[C@H](O)C(=O)O)c1c(O)cccc1O. The smallest absolute Gasteiger partial charge is 0.332 e. The van der Waals surface area contributed by atoms with Crippen molar-refractivity contribution in [3.63, 3.8) is 0 Å². The maximum Gasteiger partial charge on any atom is 0.332 e. The van der Waals surface area contributed by atoms with Crippen molar-refractivity contribution >= 4 is 11.9 Å². The van der Waals surface area contributed by atoms with Gasteiger partial charge in [-0.05, 0) is 12.1 Å². The maximum absolute atomic E-state index is 11.6. The van der Waals surface area contributed by atoms with Crippen molar-refractivity contribution in [3.05, 3.63) is 23.8 Å². The lowest BCUT2D eigenvalue weighted by Gasteiger charge is -2.09. The molecule has 0 heterocycles. The first-order valence-electron chi connectivity index (χ1n) is 5.13. The second kappa shape index (κ2) is 5.87. The molecule has 18 heavy (non-hydrogen) atoms. The molecule has 0 aliphatic rings. The molecule has 1 rings (SSSR count). The van der Waals surface area contributed by atoms with Crippen LogP contribution in [0, 0.1) is 0 Å². The van der Waals surface area contributed by atoms with Crippen LogP contribution in [0.1, 0.15) is 16.8 Å². The third-order valence-corrected chi connectivity index (χ3v) is 2.24. The number of carbonyl (C=O) groups is 2. The number of phenols is 2. The molecule has 1 aromatic carbocycles. The van der Waals surface area contributed by atoms with Gasteiger partial charge in [0.2, 0.25) is 0 Å². The van der Waals surface area contributed by atoms with Crippen LogP contribution < -0.4 is 5.32 Å². The summed E-state index contributed by atoms with van der Waals surface area (Å²) in [5.41, 5.74) is -0.290. The zero-order chi connectivity index (χ0) is 13.7. The molecular formula is C11H13NO6. The number of hydrogen-bond donors (Lipinski definition) is 5. The normalized spacial score (nSPS) is 11.8. The fourth-order valence-corrected chi connectivity index (χ4v) is 1.30. The summed E-state index contributed by atoms with van der Waals surface area (Å²) >= 11 is 0. The van der Waals surface area contributed by atoms with Gasteiger partial charge in [0.1, 0.15) is 17.1 Å². The Hall–Kier alpha value is -2.28. The molecule has 0 fully saturated rings. The number of nitrogens with one attached hydrogen (secondary N) is 1. The van der Waals surface area contributed by atoms with Gasteiger partial charge in [0.25, 0.3) is 5.91 Å². The highest BCUT2D eigenvalue weighted by Crippen LogP contribution is 2.25. The van der Waals surface area contributed by atoms with E-state index in [1.807, 2.05) is 0 Å². The van der Waals surface area contributed by atoms with Crippen LogP contribution in [0.3, 0.4) is 0 Å².